The van der Waals surface area contributed by atoms with Crippen molar-refractivity contribution in [2.45, 2.75) is 25.4 Å². The molecule has 3 rings (SSSR count). The highest BCUT2D eigenvalue weighted by molar-refractivity contribution is 5.90. The molecule has 2 heterocycles. The third-order valence-electron chi connectivity index (χ3n) is 4.35. The van der Waals surface area contributed by atoms with Crippen LogP contribution in [0.5, 0.6) is 0 Å². The average Bonchev–Trinajstić information content (AvgIpc) is 2.77. The second kappa shape index (κ2) is 5.05. The maximum Gasteiger partial charge on any atom is 0.415 e. The first-order valence-corrected chi connectivity index (χ1v) is 7.05. The van der Waals surface area contributed by atoms with Crippen LogP contribution in [0.25, 0.3) is 0 Å². The molecule has 4 nitrogen and oxygen atoms in total. The Bertz CT molecular complexity index is 499. The van der Waals surface area contributed by atoms with E-state index in [1.54, 1.807) is 17.0 Å². The minimum atomic E-state index is -0.451. The summed E-state index contributed by atoms with van der Waals surface area (Å²) in [7, 11) is 0. The molecule has 0 radical (unpaired) electrons. The first-order chi connectivity index (χ1) is 9.58. The third kappa shape index (κ3) is 2.38. The lowest BCUT2D eigenvalue weighted by Gasteiger charge is -2.34. The first-order valence-electron chi connectivity index (χ1n) is 7.05. The maximum atomic E-state index is 13.0. The molecule has 0 aliphatic carbocycles. The number of ether oxygens (including phenoxy) is 1. The number of anilines is 1. The van der Waals surface area contributed by atoms with Crippen LogP contribution in [0.15, 0.2) is 24.3 Å². The van der Waals surface area contributed by atoms with Crippen LogP contribution < -0.4 is 10.2 Å². The Morgan fingerprint density at radius 3 is 2.60 bits per heavy atom. The molecule has 2 fully saturated rings. The van der Waals surface area contributed by atoms with Gasteiger partial charge in [0, 0.05) is 11.6 Å². The van der Waals surface area contributed by atoms with E-state index in [9.17, 15) is 9.18 Å². The molecule has 2 saturated heterocycles. The van der Waals surface area contributed by atoms with Crippen molar-refractivity contribution in [1.82, 2.24) is 5.32 Å². The molecule has 1 aromatic rings. The molecule has 1 atom stereocenters. The summed E-state index contributed by atoms with van der Waals surface area (Å²) in [5.74, 6) is 0.0700. The molecule has 0 bridgehead atoms. The molecular formula is C15H19FN2O2. The first kappa shape index (κ1) is 13.4. The number of piperidine rings is 1. The van der Waals surface area contributed by atoms with Crippen molar-refractivity contribution in [3.05, 3.63) is 30.1 Å². The molecule has 0 saturated carbocycles. The predicted octanol–water partition coefficient (Wildman–Crippen LogP) is 2.54. The van der Waals surface area contributed by atoms with Crippen molar-refractivity contribution in [3.63, 3.8) is 0 Å². The number of halogens is 1. The maximum absolute atomic E-state index is 13.0. The molecule has 5 heteroatoms. The summed E-state index contributed by atoms with van der Waals surface area (Å²) in [6.45, 7) is 4.47. The number of carbonyl (C=O) groups excluding carboxylic acids is 1. The Kier molecular flexibility index (Phi) is 3.38. The largest absolute Gasteiger partial charge is 0.441 e. The Morgan fingerprint density at radius 2 is 1.95 bits per heavy atom. The molecule has 2 aliphatic rings. The molecule has 1 N–H and O–H groups in total. The van der Waals surface area contributed by atoms with E-state index in [2.05, 4.69) is 5.32 Å². The summed E-state index contributed by atoms with van der Waals surface area (Å²) < 4.78 is 18.6. The van der Waals surface area contributed by atoms with Crippen molar-refractivity contribution in [2.24, 2.45) is 5.92 Å². The number of rotatable bonds is 2. The fourth-order valence-electron chi connectivity index (χ4n) is 3.13. The number of carbonyl (C=O) groups is 1. The smallest absolute Gasteiger partial charge is 0.415 e. The van der Waals surface area contributed by atoms with E-state index in [0.717, 1.165) is 25.9 Å². The van der Waals surface area contributed by atoms with Gasteiger partial charge in [-0.25, -0.2) is 9.18 Å². The highest BCUT2D eigenvalue weighted by Gasteiger charge is 2.47. The van der Waals surface area contributed by atoms with E-state index in [-0.39, 0.29) is 11.9 Å². The number of nitrogens with zero attached hydrogens (tertiary/aromatic N) is 1. The number of cyclic esters (lactones) is 1. The molecule has 0 spiro atoms. The SMILES string of the molecule is CC1(C2CCNCC2)CN(c2ccc(F)cc2)C(=O)O1. The molecular weight excluding hydrogens is 259 g/mol. The molecule has 2 aliphatic heterocycles. The Balaban J connectivity index is 1.78. The van der Waals surface area contributed by atoms with E-state index in [1.165, 1.54) is 12.1 Å². The standard InChI is InChI=1S/C15H19FN2O2/c1-15(11-6-8-17-9-7-11)10-18(14(19)20-15)13-4-2-12(16)3-5-13/h2-5,11,17H,6-10H2,1H3. The summed E-state index contributed by atoms with van der Waals surface area (Å²) in [6, 6.07) is 5.96. The van der Waals surface area contributed by atoms with Gasteiger partial charge in [0.1, 0.15) is 11.4 Å². The topological polar surface area (TPSA) is 41.6 Å². The van der Waals surface area contributed by atoms with Crippen LogP contribution >= 0.6 is 0 Å². The zero-order valence-corrected chi connectivity index (χ0v) is 11.6. The molecule has 20 heavy (non-hydrogen) atoms. The molecule has 1 aromatic carbocycles. The minimum Gasteiger partial charge on any atom is -0.441 e. The van der Waals surface area contributed by atoms with E-state index >= 15 is 0 Å². The van der Waals surface area contributed by atoms with E-state index < -0.39 is 5.60 Å². The number of hydrogen-bond donors (Lipinski definition) is 1. The number of amides is 1. The second-order valence-electron chi connectivity index (χ2n) is 5.77. The Morgan fingerprint density at radius 1 is 1.30 bits per heavy atom. The van der Waals surface area contributed by atoms with E-state index in [0.29, 0.717) is 18.2 Å². The van der Waals surface area contributed by atoms with Crippen molar-refractivity contribution in [1.29, 1.82) is 0 Å². The molecule has 108 valence electrons. The van der Waals surface area contributed by atoms with Crippen LogP contribution in [0.3, 0.4) is 0 Å². The van der Waals surface area contributed by atoms with Crippen molar-refractivity contribution >= 4 is 11.8 Å². The van der Waals surface area contributed by atoms with Gasteiger partial charge in [0.15, 0.2) is 0 Å². The van der Waals surface area contributed by atoms with Crippen molar-refractivity contribution in [3.8, 4) is 0 Å². The molecule has 0 aromatic heterocycles. The Hall–Kier alpha value is -1.62. The lowest BCUT2D eigenvalue weighted by atomic mass is 9.82. The van der Waals surface area contributed by atoms with Crippen LogP contribution in [-0.4, -0.2) is 31.3 Å². The number of nitrogens with one attached hydrogen (secondary N) is 1. The highest BCUT2D eigenvalue weighted by Crippen LogP contribution is 2.37. The van der Waals surface area contributed by atoms with Crippen LogP contribution in [0.1, 0.15) is 19.8 Å². The van der Waals surface area contributed by atoms with Gasteiger partial charge in [-0.1, -0.05) is 0 Å². The minimum absolute atomic E-state index is 0.303. The lowest BCUT2D eigenvalue weighted by Crippen LogP contribution is -2.44. The highest BCUT2D eigenvalue weighted by atomic mass is 19.1. The van der Waals surface area contributed by atoms with Crippen LogP contribution in [0.2, 0.25) is 0 Å². The summed E-state index contributed by atoms with van der Waals surface area (Å²) in [5, 5.41) is 3.32. The second-order valence-corrected chi connectivity index (χ2v) is 5.77. The Labute approximate surface area is 117 Å². The fourth-order valence-corrected chi connectivity index (χ4v) is 3.13. The molecule has 1 unspecified atom stereocenters. The summed E-state index contributed by atoms with van der Waals surface area (Å²) in [4.78, 5) is 13.7. The fraction of sp³-hybridized carbons (Fsp3) is 0.533. The van der Waals surface area contributed by atoms with Gasteiger partial charge in [-0.05, 0) is 57.1 Å². The summed E-state index contributed by atoms with van der Waals surface area (Å²) >= 11 is 0. The number of hydrogen-bond acceptors (Lipinski definition) is 3. The summed E-state index contributed by atoms with van der Waals surface area (Å²) in [6.07, 6.45) is 1.69. The van der Waals surface area contributed by atoms with Gasteiger partial charge in [0.05, 0.1) is 6.54 Å². The van der Waals surface area contributed by atoms with Gasteiger partial charge in [-0.2, -0.15) is 0 Å². The van der Waals surface area contributed by atoms with Crippen molar-refractivity contribution in [2.75, 3.05) is 24.5 Å². The van der Waals surface area contributed by atoms with E-state index in [1.807, 2.05) is 6.92 Å². The third-order valence-corrected chi connectivity index (χ3v) is 4.35. The van der Waals surface area contributed by atoms with Gasteiger partial charge in [-0.15, -0.1) is 0 Å². The van der Waals surface area contributed by atoms with E-state index in [4.69, 9.17) is 4.74 Å². The molecule has 1 amide bonds. The normalized spacial score (nSPS) is 27.7. The average molecular weight is 278 g/mol. The van der Waals surface area contributed by atoms with Crippen LogP contribution in [-0.2, 0) is 4.74 Å². The zero-order chi connectivity index (χ0) is 14.2. The van der Waals surface area contributed by atoms with Gasteiger partial charge in [0.2, 0.25) is 0 Å². The summed E-state index contributed by atoms with van der Waals surface area (Å²) in [5.41, 5.74) is 0.238. The van der Waals surface area contributed by atoms with Gasteiger partial charge >= 0.3 is 6.09 Å². The van der Waals surface area contributed by atoms with Gasteiger partial charge in [0.25, 0.3) is 0 Å². The monoisotopic (exact) mass is 278 g/mol. The number of benzene rings is 1. The quantitative estimate of drug-likeness (QED) is 0.904. The van der Waals surface area contributed by atoms with Crippen LogP contribution in [0, 0.1) is 11.7 Å². The van der Waals surface area contributed by atoms with Crippen molar-refractivity contribution < 1.29 is 13.9 Å². The van der Waals surface area contributed by atoms with Gasteiger partial charge < -0.3 is 10.1 Å². The van der Waals surface area contributed by atoms with Gasteiger partial charge in [-0.3, -0.25) is 4.90 Å². The predicted molar refractivity (Wildman–Crippen MR) is 74.2 cm³/mol. The van der Waals surface area contributed by atoms with Crippen LogP contribution in [0.4, 0.5) is 14.9 Å². The lowest BCUT2D eigenvalue weighted by molar-refractivity contribution is 0.00962. The zero-order valence-electron chi connectivity index (χ0n) is 11.6.